The topological polar surface area (TPSA) is 64.1 Å². The molecule has 0 saturated heterocycles. The summed E-state index contributed by atoms with van der Waals surface area (Å²) in [4.78, 5) is 0. The van der Waals surface area contributed by atoms with Gasteiger partial charge in [0.15, 0.2) is 5.12 Å². The molecule has 0 unspecified atom stereocenters. The van der Waals surface area contributed by atoms with Gasteiger partial charge >= 0.3 is 0 Å². The Morgan fingerprint density at radius 1 is 1.57 bits per heavy atom. The lowest BCUT2D eigenvalue weighted by Gasteiger charge is -2.15. The quantitative estimate of drug-likeness (QED) is 0.368. The van der Waals surface area contributed by atoms with Crippen molar-refractivity contribution in [2.24, 2.45) is 11.5 Å². The Balaban J connectivity index is 2.49. The van der Waals surface area contributed by atoms with E-state index in [9.17, 15) is 0 Å². The Morgan fingerprint density at radius 2 is 2.29 bits per heavy atom. The second-order valence-corrected chi connectivity index (χ2v) is 2.54. The summed E-state index contributed by atoms with van der Waals surface area (Å²) in [6, 6.07) is 0. The molecule has 1 heterocycles. The highest BCUT2D eigenvalue weighted by atomic mass is 32.2. The van der Waals surface area contributed by atoms with Gasteiger partial charge in [-0.3, -0.25) is 11.5 Å². The summed E-state index contributed by atoms with van der Waals surface area (Å²) in [7, 11) is 0. The van der Waals surface area contributed by atoms with Gasteiger partial charge < -0.3 is 5.32 Å². The molecule has 0 aromatic heterocycles. The van der Waals surface area contributed by atoms with Crippen LogP contribution in [0.15, 0.2) is 11.6 Å². The summed E-state index contributed by atoms with van der Waals surface area (Å²) in [5.41, 5.74) is 10.7. The Kier molecular flexibility index (Phi) is 0.989. The molecule has 0 aromatic carbocycles. The van der Waals surface area contributed by atoms with Gasteiger partial charge in [0.1, 0.15) is 0 Å². The largest absolute Gasteiger partial charge is 0.352 e. The van der Waals surface area contributed by atoms with Gasteiger partial charge in [0.2, 0.25) is 0 Å². The number of thioether (sulfide) groups is 1. The van der Waals surface area contributed by atoms with E-state index >= 15 is 0 Å². The number of nitrogens with one attached hydrogen (secondary N) is 1. The lowest BCUT2D eigenvalue weighted by atomic mass is 10.8. The van der Waals surface area contributed by atoms with E-state index in [4.69, 9.17) is 11.5 Å². The normalized spacial score (nSPS) is 24.9. The van der Waals surface area contributed by atoms with E-state index in [1.807, 2.05) is 5.41 Å². The molecule has 0 aromatic rings. The van der Waals surface area contributed by atoms with E-state index in [0.29, 0.717) is 0 Å². The summed E-state index contributed by atoms with van der Waals surface area (Å²) in [6.45, 7) is 0. The molecule has 1 rings (SSSR count). The first kappa shape index (κ1) is 4.96. The van der Waals surface area contributed by atoms with Crippen LogP contribution in [0.1, 0.15) is 0 Å². The Morgan fingerprint density at radius 3 is 2.43 bits per heavy atom. The first-order chi connectivity index (χ1) is 3.21. The maximum Gasteiger partial charge on any atom is 0.192 e. The molecule has 1 aliphatic heterocycles. The molecular formula is C3H7N3S. The molecule has 0 atom stereocenters. The zero-order valence-corrected chi connectivity index (χ0v) is 4.53. The third kappa shape index (κ3) is 1.09. The van der Waals surface area contributed by atoms with Crippen LogP contribution in [0.25, 0.3) is 0 Å². The second kappa shape index (κ2) is 1.40. The van der Waals surface area contributed by atoms with Crippen molar-refractivity contribution in [3.05, 3.63) is 11.6 Å². The first-order valence-corrected chi connectivity index (χ1v) is 2.77. The van der Waals surface area contributed by atoms with Gasteiger partial charge in [-0.05, 0) is 5.41 Å². The minimum atomic E-state index is -0.750. The van der Waals surface area contributed by atoms with Crippen LogP contribution < -0.4 is 16.8 Å². The van der Waals surface area contributed by atoms with Gasteiger partial charge in [-0.25, -0.2) is 0 Å². The predicted molar refractivity (Wildman–Crippen MR) is 31.0 cm³/mol. The Bertz CT molecular complexity index is 88.4. The van der Waals surface area contributed by atoms with Crippen LogP contribution >= 0.6 is 11.8 Å². The molecule has 5 N–H and O–H groups in total. The van der Waals surface area contributed by atoms with E-state index in [0.717, 1.165) is 0 Å². The highest BCUT2D eigenvalue weighted by Crippen LogP contribution is 2.16. The third-order valence-electron chi connectivity index (χ3n) is 0.640. The number of hydrogen-bond acceptors (Lipinski definition) is 4. The summed E-state index contributed by atoms with van der Waals surface area (Å²) < 4.78 is 0. The van der Waals surface area contributed by atoms with Crippen LogP contribution in [-0.2, 0) is 0 Å². The number of hydrogen-bond donors (Lipinski definition) is 3. The smallest absolute Gasteiger partial charge is 0.192 e. The molecule has 4 heteroatoms. The predicted octanol–water partition coefficient (Wildman–Crippen LogP) is -0.677. The summed E-state index contributed by atoms with van der Waals surface area (Å²) in [6.07, 6.45) is 1.73. The number of nitrogens with two attached hydrogens (primary N) is 2. The van der Waals surface area contributed by atoms with E-state index in [1.165, 1.54) is 11.8 Å². The molecule has 0 spiro atoms. The van der Waals surface area contributed by atoms with Crippen LogP contribution in [0.2, 0.25) is 0 Å². The van der Waals surface area contributed by atoms with Gasteiger partial charge in [0.05, 0.1) is 0 Å². The molecule has 0 bridgehead atoms. The third-order valence-corrected chi connectivity index (χ3v) is 1.42. The number of rotatable bonds is 0. The molecule has 0 saturated carbocycles. The zero-order valence-electron chi connectivity index (χ0n) is 3.72. The van der Waals surface area contributed by atoms with Crippen LogP contribution in [0, 0.1) is 0 Å². The fraction of sp³-hybridized carbons (Fsp3) is 0.333. The van der Waals surface area contributed by atoms with Gasteiger partial charge in [-0.15, -0.1) is 0 Å². The average Bonchev–Trinajstić information content (AvgIpc) is 1.84. The minimum Gasteiger partial charge on any atom is -0.352 e. The fourth-order valence-corrected chi connectivity index (χ4v) is 0.842. The van der Waals surface area contributed by atoms with Crippen LogP contribution in [0.5, 0.6) is 0 Å². The Labute approximate surface area is 46.1 Å². The van der Waals surface area contributed by atoms with Crippen molar-refractivity contribution in [3.63, 3.8) is 0 Å². The molecule has 1 aliphatic rings. The maximum absolute atomic E-state index is 5.34. The van der Waals surface area contributed by atoms with Crippen molar-refractivity contribution in [1.82, 2.24) is 5.32 Å². The van der Waals surface area contributed by atoms with E-state index in [2.05, 4.69) is 5.32 Å². The monoisotopic (exact) mass is 117 g/mol. The molecule has 0 aliphatic carbocycles. The summed E-state index contributed by atoms with van der Waals surface area (Å²) in [5, 5.41) is 3.80. The molecule has 0 amide bonds. The van der Waals surface area contributed by atoms with Crippen LogP contribution in [-0.4, -0.2) is 5.12 Å². The molecule has 0 radical (unpaired) electrons. The van der Waals surface area contributed by atoms with E-state index in [-0.39, 0.29) is 0 Å². The fourth-order valence-electron chi connectivity index (χ4n) is 0.345. The maximum atomic E-state index is 5.34. The van der Waals surface area contributed by atoms with Crippen molar-refractivity contribution >= 4 is 11.8 Å². The lowest BCUT2D eigenvalue weighted by molar-refractivity contribution is 0.589. The Hall–Kier alpha value is -0.190. The molecule has 0 fully saturated rings. The lowest BCUT2D eigenvalue weighted by Crippen LogP contribution is -2.53. The molecular weight excluding hydrogens is 110 g/mol. The van der Waals surface area contributed by atoms with Crippen molar-refractivity contribution < 1.29 is 0 Å². The zero-order chi connectivity index (χ0) is 5.33. The minimum absolute atomic E-state index is 0.750. The molecule has 7 heavy (non-hydrogen) atoms. The van der Waals surface area contributed by atoms with E-state index < -0.39 is 5.12 Å². The first-order valence-electron chi connectivity index (χ1n) is 1.89. The van der Waals surface area contributed by atoms with Crippen LogP contribution in [0.3, 0.4) is 0 Å². The highest BCUT2D eigenvalue weighted by molar-refractivity contribution is 8.03. The van der Waals surface area contributed by atoms with Gasteiger partial charge in [0.25, 0.3) is 0 Å². The SMILES string of the molecule is NC1(N)NC=CS1. The van der Waals surface area contributed by atoms with Crippen molar-refractivity contribution in [3.8, 4) is 0 Å². The van der Waals surface area contributed by atoms with Gasteiger partial charge in [0, 0.05) is 6.20 Å². The van der Waals surface area contributed by atoms with Crippen molar-refractivity contribution in [2.75, 3.05) is 0 Å². The highest BCUT2D eigenvalue weighted by Gasteiger charge is 2.18. The van der Waals surface area contributed by atoms with Crippen LogP contribution in [0.4, 0.5) is 0 Å². The average molecular weight is 117 g/mol. The molecule has 3 nitrogen and oxygen atoms in total. The van der Waals surface area contributed by atoms with E-state index in [1.54, 1.807) is 6.20 Å². The summed E-state index contributed by atoms with van der Waals surface area (Å²) >= 11 is 1.36. The van der Waals surface area contributed by atoms with Gasteiger partial charge in [-0.2, -0.15) is 0 Å². The molecule has 40 valence electrons. The second-order valence-electron chi connectivity index (χ2n) is 1.36. The standard InChI is InChI=1S/C3H7N3S/c4-3(5)6-1-2-7-3/h1-2,6H,4-5H2. The van der Waals surface area contributed by atoms with Gasteiger partial charge in [-0.1, -0.05) is 11.8 Å². The van der Waals surface area contributed by atoms with Crippen molar-refractivity contribution in [2.45, 2.75) is 5.12 Å². The summed E-state index contributed by atoms with van der Waals surface area (Å²) in [5.74, 6) is 0. The van der Waals surface area contributed by atoms with Crippen molar-refractivity contribution in [1.29, 1.82) is 0 Å².